The smallest absolute Gasteiger partial charge is 0.229 e. The molecule has 2 saturated heterocycles. The Morgan fingerprint density at radius 1 is 0.970 bits per heavy atom. The van der Waals surface area contributed by atoms with Crippen LogP contribution in [0.1, 0.15) is 44.1 Å². The molecule has 8 nitrogen and oxygen atoms in total. The van der Waals surface area contributed by atoms with E-state index in [4.69, 9.17) is 19.4 Å². The summed E-state index contributed by atoms with van der Waals surface area (Å²) in [5.41, 5.74) is 4.03. The minimum Gasteiger partial charge on any atom is -0.493 e. The zero-order valence-corrected chi connectivity index (χ0v) is 20.9. The molecule has 3 heterocycles. The Balaban J connectivity index is 1.50. The average Bonchev–Trinajstić information content (AvgIpc) is 2.88. The van der Waals surface area contributed by atoms with Crippen molar-refractivity contribution in [3.63, 3.8) is 0 Å². The second kappa shape index (κ2) is 12.1. The topological polar surface area (TPSA) is 75.1 Å². The molecule has 0 spiro atoms. The highest BCUT2D eigenvalue weighted by Crippen LogP contribution is 2.28. The van der Waals surface area contributed by atoms with Gasteiger partial charge in [-0.15, -0.1) is 0 Å². The lowest BCUT2D eigenvalue weighted by atomic mass is 10.1. The van der Waals surface area contributed by atoms with E-state index in [9.17, 15) is 0 Å². The van der Waals surface area contributed by atoms with Gasteiger partial charge < -0.3 is 19.3 Å². The molecule has 2 aromatic rings. The number of rotatable bonds is 9. The molecule has 0 saturated carbocycles. The predicted molar refractivity (Wildman–Crippen MR) is 138 cm³/mol. The van der Waals surface area contributed by atoms with Gasteiger partial charge in [-0.05, 0) is 62.3 Å². The van der Waals surface area contributed by atoms with Crippen molar-refractivity contribution < 1.29 is 9.47 Å². The third-order valence-electron chi connectivity index (χ3n) is 5.93. The van der Waals surface area contributed by atoms with E-state index in [1.807, 2.05) is 24.3 Å². The van der Waals surface area contributed by atoms with Crippen LogP contribution in [0.25, 0.3) is 0 Å². The van der Waals surface area contributed by atoms with Gasteiger partial charge in [0, 0.05) is 37.6 Å². The molecule has 0 atom stereocenters. The Morgan fingerprint density at radius 3 is 2.39 bits per heavy atom. The van der Waals surface area contributed by atoms with Gasteiger partial charge in [0.05, 0.1) is 19.9 Å². The molecule has 4 rings (SSSR count). The van der Waals surface area contributed by atoms with Crippen LogP contribution in [0.2, 0.25) is 0 Å². The van der Waals surface area contributed by atoms with Gasteiger partial charge in [0.2, 0.25) is 5.95 Å². The van der Waals surface area contributed by atoms with E-state index in [-0.39, 0.29) is 0 Å². The van der Waals surface area contributed by atoms with Crippen LogP contribution in [-0.4, -0.2) is 61.4 Å². The molecule has 33 heavy (non-hydrogen) atoms. The van der Waals surface area contributed by atoms with Crippen molar-refractivity contribution in [3.8, 4) is 11.5 Å². The Bertz CT molecular complexity index is 893. The number of nitrogens with one attached hydrogen (secondary N) is 1. The van der Waals surface area contributed by atoms with Crippen LogP contribution in [0.15, 0.2) is 29.4 Å². The van der Waals surface area contributed by atoms with Gasteiger partial charge in [0.15, 0.2) is 17.3 Å². The number of hydrazone groups is 1. The highest BCUT2D eigenvalue weighted by Gasteiger charge is 2.19. The fourth-order valence-corrected chi connectivity index (χ4v) is 4.37. The number of hydrogen-bond acceptors (Lipinski definition) is 8. The van der Waals surface area contributed by atoms with Crippen LogP contribution in [0.4, 0.5) is 17.6 Å². The third kappa shape index (κ3) is 6.50. The largest absolute Gasteiger partial charge is 0.493 e. The van der Waals surface area contributed by atoms with Gasteiger partial charge in [-0.3, -0.25) is 5.43 Å². The van der Waals surface area contributed by atoms with Gasteiger partial charge in [-0.2, -0.15) is 15.1 Å². The number of ether oxygens (including phenoxy) is 2. The van der Waals surface area contributed by atoms with E-state index < -0.39 is 0 Å². The number of anilines is 3. The number of piperidine rings is 2. The normalized spacial score (nSPS) is 16.8. The summed E-state index contributed by atoms with van der Waals surface area (Å²) in [7, 11) is 1.64. The first-order chi connectivity index (χ1) is 16.3. The number of hydrogen-bond donors (Lipinski definition) is 1. The molecule has 0 radical (unpaired) electrons. The molecule has 2 aliphatic heterocycles. The lowest BCUT2D eigenvalue weighted by molar-refractivity contribution is 0.314. The minimum atomic E-state index is 0.581. The van der Waals surface area contributed by atoms with Gasteiger partial charge >= 0.3 is 0 Å². The zero-order chi connectivity index (χ0) is 22.9. The molecule has 1 aromatic carbocycles. The summed E-state index contributed by atoms with van der Waals surface area (Å²) in [6, 6.07) is 7.77. The first kappa shape index (κ1) is 23.6. The number of aromatic nitrogens is 2. The van der Waals surface area contributed by atoms with Crippen LogP contribution >= 0.6 is 15.9 Å². The number of nitrogens with zero attached hydrogens (tertiary/aromatic N) is 5. The highest BCUT2D eigenvalue weighted by molar-refractivity contribution is 9.09. The SMILES string of the molecule is COc1cc(/C=N\Nc2cc(N3CCCCC3)nc(N3CCCCC3)n2)ccc1OCCBr. The Hall–Kier alpha value is -2.55. The maximum absolute atomic E-state index is 5.69. The highest BCUT2D eigenvalue weighted by atomic mass is 79.9. The summed E-state index contributed by atoms with van der Waals surface area (Å²) < 4.78 is 11.1. The third-order valence-corrected chi connectivity index (χ3v) is 6.26. The Morgan fingerprint density at radius 2 is 1.70 bits per heavy atom. The molecule has 9 heteroatoms. The number of halogens is 1. The summed E-state index contributed by atoms with van der Waals surface area (Å²) >= 11 is 3.37. The molecule has 1 N–H and O–H groups in total. The van der Waals surface area contributed by atoms with Crippen LogP contribution in [-0.2, 0) is 0 Å². The molecular formula is C24H33BrN6O2. The molecule has 0 aliphatic carbocycles. The Labute approximate surface area is 204 Å². The molecular weight excluding hydrogens is 484 g/mol. The predicted octanol–water partition coefficient (Wildman–Crippen LogP) is 4.69. The number of benzene rings is 1. The van der Waals surface area contributed by atoms with E-state index in [1.165, 1.54) is 38.5 Å². The Kier molecular flexibility index (Phi) is 8.63. The summed E-state index contributed by atoms with van der Waals surface area (Å²) in [5, 5.41) is 5.21. The first-order valence-electron chi connectivity index (χ1n) is 11.8. The second-order valence-corrected chi connectivity index (χ2v) is 9.12. The molecule has 178 valence electrons. The summed E-state index contributed by atoms with van der Waals surface area (Å²) in [5.74, 6) is 3.90. The van der Waals surface area contributed by atoms with E-state index in [0.717, 1.165) is 54.6 Å². The van der Waals surface area contributed by atoms with Crippen LogP contribution in [0.3, 0.4) is 0 Å². The first-order valence-corrected chi connectivity index (χ1v) is 12.9. The van der Waals surface area contributed by atoms with Crippen molar-refractivity contribution in [2.24, 2.45) is 5.10 Å². The van der Waals surface area contributed by atoms with Crippen molar-refractivity contribution in [2.45, 2.75) is 38.5 Å². The van der Waals surface area contributed by atoms with Gasteiger partial charge in [-0.1, -0.05) is 15.9 Å². The van der Waals surface area contributed by atoms with Crippen LogP contribution in [0.5, 0.6) is 11.5 Å². The average molecular weight is 517 g/mol. The minimum absolute atomic E-state index is 0.581. The zero-order valence-electron chi connectivity index (χ0n) is 19.3. The lowest BCUT2D eigenvalue weighted by Gasteiger charge is -2.31. The number of methoxy groups -OCH3 is 1. The van der Waals surface area contributed by atoms with Gasteiger partial charge in [-0.25, -0.2) is 0 Å². The van der Waals surface area contributed by atoms with E-state index in [1.54, 1.807) is 13.3 Å². The maximum atomic E-state index is 5.69. The standard InChI is InChI=1S/C24H33BrN6O2/c1-32-21-16-19(8-9-20(21)33-15-10-25)18-26-29-22-17-23(30-11-4-2-5-12-30)28-24(27-22)31-13-6-3-7-14-31/h8-9,16-18H,2-7,10-15H2,1H3,(H,27,28,29)/b26-18-. The number of alkyl halides is 1. The summed E-state index contributed by atoms with van der Waals surface area (Å²) in [6.45, 7) is 4.69. The fourth-order valence-electron chi connectivity index (χ4n) is 4.20. The molecule has 0 bridgehead atoms. The molecule has 0 unspecified atom stereocenters. The van der Waals surface area contributed by atoms with E-state index in [2.05, 4.69) is 36.3 Å². The lowest BCUT2D eigenvalue weighted by Crippen LogP contribution is -2.33. The molecule has 2 aliphatic rings. The van der Waals surface area contributed by atoms with Gasteiger partial charge in [0.1, 0.15) is 5.82 Å². The monoisotopic (exact) mass is 516 g/mol. The molecule has 2 fully saturated rings. The fraction of sp³-hybridized carbons (Fsp3) is 0.542. The molecule has 0 amide bonds. The van der Waals surface area contributed by atoms with Gasteiger partial charge in [0.25, 0.3) is 0 Å². The maximum Gasteiger partial charge on any atom is 0.229 e. The quantitative estimate of drug-likeness (QED) is 0.294. The van der Waals surface area contributed by atoms with Crippen LogP contribution in [0, 0.1) is 0 Å². The summed E-state index contributed by atoms with van der Waals surface area (Å²) in [6.07, 6.45) is 9.13. The van der Waals surface area contributed by atoms with E-state index >= 15 is 0 Å². The van der Waals surface area contributed by atoms with Crippen molar-refractivity contribution >= 4 is 39.7 Å². The summed E-state index contributed by atoms with van der Waals surface area (Å²) in [4.78, 5) is 14.4. The van der Waals surface area contributed by atoms with Crippen molar-refractivity contribution in [1.82, 2.24) is 9.97 Å². The van der Waals surface area contributed by atoms with Crippen molar-refractivity contribution in [1.29, 1.82) is 0 Å². The van der Waals surface area contributed by atoms with Crippen molar-refractivity contribution in [3.05, 3.63) is 29.8 Å². The van der Waals surface area contributed by atoms with E-state index in [0.29, 0.717) is 18.2 Å². The molecule has 1 aromatic heterocycles. The van der Waals surface area contributed by atoms with Crippen molar-refractivity contribution in [2.75, 3.05) is 60.5 Å². The second-order valence-electron chi connectivity index (χ2n) is 8.32. The van der Waals surface area contributed by atoms with Crippen LogP contribution < -0.4 is 24.7 Å².